The van der Waals surface area contributed by atoms with E-state index in [0.717, 1.165) is 0 Å². The molecule has 202 valence electrons. The molecule has 6 atom stereocenters. The number of ether oxygens (including phenoxy) is 1. The van der Waals surface area contributed by atoms with Crippen molar-refractivity contribution in [2.45, 2.75) is 63.5 Å². The first-order chi connectivity index (χ1) is 17.9. The SMILES string of the molecule is CC1[C@@H](C(c2cccnc2)N2C(=O)CC(C)(C)N=C2N)[C@@H]1C(=O)N[C@H]1C[C@H](C(F)(F)F)Oc2ccccc21. The topological polar surface area (TPSA) is 110 Å². The number of rotatable bonds is 5. The zero-order valence-corrected chi connectivity index (χ0v) is 21.3. The molecule has 3 N–H and O–H groups in total. The number of alkyl halides is 3. The number of aromatic nitrogens is 1. The van der Waals surface area contributed by atoms with Crippen LogP contribution in [-0.2, 0) is 9.59 Å². The number of para-hydroxylation sites is 1. The number of fused-ring (bicyclic) bond motifs is 1. The van der Waals surface area contributed by atoms with Crippen molar-refractivity contribution >= 4 is 17.8 Å². The van der Waals surface area contributed by atoms with E-state index >= 15 is 0 Å². The molecule has 0 radical (unpaired) electrons. The van der Waals surface area contributed by atoms with Gasteiger partial charge in [0, 0.05) is 30.3 Å². The highest BCUT2D eigenvalue weighted by atomic mass is 19.4. The fourth-order valence-corrected chi connectivity index (χ4v) is 5.79. The van der Waals surface area contributed by atoms with E-state index in [1.807, 2.05) is 26.8 Å². The quantitative estimate of drug-likeness (QED) is 0.611. The van der Waals surface area contributed by atoms with E-state index in [0.29, 0.717) is 11.1 Å². The number of nitrogens with one attached hydrogen (secondary N) is 1. The Balaban J connectivity index is 1.42. The number of guanidine groups is 1. The van der Waals surface area contributed by atoms with Crippen molar-refractivity contribution in [3.8, 4) is 5.75 Å². The number of nitrogens with zero attached hydrogens (tertiary/aromatic N) is 3. The Hall–Kier alpha value is -3.63. The van der Waals surface area contributed by atoms with Crippen molar-refractivity contribution in [1.29, 1.82) is 0 Å². The molecule has 1 aliphatic carbocycles. The fraction of sp³-hybridized carbons (Fsp3) is 0.481. The molecule has 2 amide bonds. The van der Waals surface area contributed by atoms with Crippen molar-refractivity contribution in [3.05, 3.63) is 59.9 Å². The largest absolute Gasteiger partial charge is 0.480 e. The van der Waals surface area contributed by atoms with Crippen LogP contribution >= 0.6 is 0 Å². The van der Waals surface area contributed by atoms with Crippen LogP contribution < -0.4 is 15.8 Å². The molecule has 1 aromatic carbocycles. The number of carbonyl (C=O) groups is 2. The van der Waals surface area contributed by atoms with Gasteiger partial charge in [-0.05, 0) is 43.4 Å². The Morgan fingerprint density at radius 2 is 1.97 bits per heavy atom. The smallest absolute Gasteiger partial charge is 0.425 e. The summed E-state index contributed by atoms with van der Waals surface area (Å²) in [6, 6.07) is 8.52. The Morgan fingerprint density at radius 1 is 1.24 bits per heavy atom. The van der Waals surface area contributed by atoms with Gasteiger partial charge in [0.1, 0.15) is 5.75 Å². The molecule has 3 heterocycles. The van der Waals surface area contributed by atoms with Gasteiger partial charge in [0.05, 0.1) is 24.0 Å². The maximum atomic E-state index is 13.6. The normalized spacial score (nSPS) is 29.0. The second kappa shape index (κ2) is 9.28. The van der Waals surface area contributed by atoms with Crippen LogP contribution in [-0.4, -0.2) is 45.5 Å². The summed E-state index contributed by atoms with van der Waals surface area (Å²) in [6.45, 7) is 5.54. The van der Waals surface area contributed by atoms with Crippen molar-refractivity contribution in [1.82, 2.24) is 15.2 Å². The van der Waals surface area contributed by atoms with Crippen molar-refractivity contribution in [3.63, 3.8) is 0 Å². The van der Waals surface area contributed by atoms with Gasteiger partial charge in [0.25, 0.3) is 0 Å². The zero-order chi connectivity index (χ0) is 27.4. The predicted molar refractivity (Wildman–Crippen MR) is 133 cm³/mol. The average Bonchev–Trinajstić information content (AvgIpc) is 3.50. The van der Waals surface area contributed by atoms with Crippen LogP contribution in [0.4, 0.5) is 13.2 Å². The molecule has 2 unspecified atom stereocenters. The summed E-state index contributed by atoms with van der Waals surface area (Å²) >= 11 is 0. The number of amides is 2. The molecule has 2 aromatic rings. The third kappa shape index (κ3) is 4.81. The van der Waals surface area contributed by atoms with Crippen LogP contribution in [0.25, 0.3) is 0 Å². The third-order valence-electron chi connectivity index (χ3n) is 7.63. The lowest BCUT2D eigenvalue weighted by atomic mass is 9.94. The molecule has 2 aliphatic heterocycles. The van der Waals surface area contributed by atoms with Crippen molar-refractivity contribution in [2.75, 3.05) is 0 Å². The van der Waals surface area contributed by atoms with Gasteiger partial charge in [-0.25, -0.2) is 4.99 Å². The first-order valence-electron chi connectivity index (χ1n) is 12.6. The molecule has 8 nitrogen and oxygen atoms in total. The Kier molecular flexibility index (Phi) is 6.35. The molecular weight excluding hydrogens is 499 g/mol. The van der Waals surface area contributed by atoms with Crippen LogP contribution in [0.15, 0.2) is 53.8 Å². The van der Waals surface area contributed by atoms with E-state index < -0.39 is 42.2 Å². The number of benzene rings is 1. The molecule has 0 spiro atoms. The fourth-order valence-electron chi connectivity index (χ4n) is 5.79. The minimum absolute atomic E-state index is 0.0738. The van der Waals surface area contributed by atoms with Gasteiger partial charge in [0.2, 0.25) is 11.8 Å². The molecule has 0 bridgehead atoms. The van der Waals surface area contributed by atoms with E-state index in [9.17, 15) is 22.8 Å². The molecule has 5 rings (SSSR count). The highest BCUT2D eigenvalue weighted by molar-refractivity contribution is 5.99. The van der Waals surface area contributed by atoms with Gasteiger partial charge in [-0.15, -0.1) is 0 Å². The van der Waals surface area contributed by atoms with Gasteiger partial charge < -0.3 is 15.8 Å². The number of hydrogen-bond acceptors (Lipinski definition) is 6. The van der Waals surface area contributed by atoms with Crippen LogP contribution in [0.5, 0.6) is 5.75 Å². The number of halogens is 3. The van der Waals surface area contributed by atoms with Gasteiger partial charge >= 0.3 is 6.18 Å². The number of aliphatic imine (C=N–C) groups is 1. The van der Waals surface area contributed by atoms with E-state index in [2.05, 4.69) is 15.3 Å². The van der Waals surface area contributed by atoms with E-state index in [-0.39, 0.29) is 41.8 Å². The molecule has 1 aromatic heterocycles. The molecule has 0 saturated heterocycles. The van der Waals surface area contributed by atoms with Gasteiger partial charge in [-0.3, -0.25) is 19.5 Å². The van der Waals surface area contributed by atoms with Crippen LogP contribution in [0, 0.1) is 17.8 Å². The molecule has 3 aliphatic rings. The van der Waals surface area contributed by atoms with Crippen LogP contribution in [0.2, 0.25) is 0 Å². The number of carbonyl (C=O) groups excluding carboxylic acids is 2. The molecular formula is C27H30F3N5O3. The summed E-state index contributed by atoms with van der Waals surface area (Å²) in [6.07, 6.45) is -3.63. The van der Waals surface area contributed by atoms with E-state index in [4.69, 9.17) is 10.5 Å². The second-order valence-electron chi connectivity index (χ2n) is 10.9. The third-order valence-corrected chi connectivity index (χ3v) is 7.63. The summed E-state index contributed by atoms with van der Waals surface area (Å²) in [5.41, 5.74) is 6.85. The number of hydrogen-bond donors (Lipinski definition) is 2. The summed E-state index contributed by atoms with van der Waals surface area (Å²) in [5, 5.41) is 2.84. The summed E-state index contributed by atoms with van der Waals surface area (Å²) in [4.78, 5) is 36.9. The molecule has 1 saturated carbocycles. The highest BCUT2D eigenvalue weighted by Crippen LogP contribution is 2.56. The van der Waals surface area contributed by atoms with Crippen molar-refractivity contribution in [2.24, 2.45) is 28.5 Å². The summed E-state index contributed by atoms with van der Waals surface area (Å²) in [5.74, 6) is -1.44. The summed E-state index contributed by atoms with van der Waals surface area (Å²) in [7, 11) is 0. The maximum absolute atomic E-state index is 13.6. The lowest BCUT2D eigenvalue weighted by Gasteiger charge is -2.38. The van der Waals surface area contributed by atoms with E-state index in [1.54, 1.807) is 36.7 Å². The Labute approximate surface area is 218 Å². The van der Waals surface area contributed by atoms with Crippen molar-refractivity contribution < 1.29 is 27.5 Å². The van der Waals surface area contributed by atoms with Crippen LogP contribution in [0.3, 0.4) is 0 Å². The molecule has 1 fully saturated rings. The zero-order valence-electron chi connectivity index (χ0n) is 21.3. The highest BCUT2D eigenvalue weighted by Gasteiger charge is 2.59. The van der Waals surface area contributed by atoms with Gasteiger partial charge in [-0.1, -0.05) is 31.2 Å². The number of nitrogens with two attached hydrogens (primary N) is 1. The first-order valence-corrected chi connectivity index (χ1v) is 12.6. The average molecular weight is 530 g/mol. The molecule has 38 heavy (non-hydrogen) atoms. The minimum Gasteiger partial charge on any atom is -0.480 e. The van der Waals surface area contributed by atoms with Crippen LogP contribution in [0.1, 0.15) is 56.8 Å². The van der Waals surface area contributed by atoms with E-state index in [1.165, 1.54) is 11.0 Å². The lowest BCUT2D eigenvalue weighted by molar-refractivity contribution is -0.201. The molecule has 11 heteroatoms. The maximum Gasteiger partial charge on any atom is 0.425 e. The Bertz CT molecular complexity index is 1270. The minimum atomic E-state index is -4.57. The number of pyridine rings is 1. The lowest BCUT2D eigenvalue weighted by Crippen LogP contribution is -2.52. The van der Waals surface area contributed by atoms with Gasteiger partial charge in [0.15, 0.2) is 12.1 Å². The predicted octanol–water partition coefficient (Wildman–Crippen LogP) is 3.90. The Morgan fingerprint density at radius 3 is 2.63 bits per heavy atom. The second-order valence-corrected chi connectivity index (χ2v) is 10.9. The summed E-state index contributed by atoms with van der Waals surface area (Å²) < 4.78 is 45.9. The first kappa shape index (κ1) is 26.0. The standard InChI is InChI=1S/C27H30F3N5O3/c1-14-21(23(15-7-6-10-32-13-15)35-20(36)12-26(2,3)34-25(35)31)22(14)24(37)33-17-11-19(27(28,29)30)38-18-9-5-4-8-16(17)18/h4-10,13-14,17,19,21-23H,11-12H2,1-3H3,(H2,31,34)(H,33,37)/t14?,17-,19+,21+,22+,23?/m0/s1. The van der Waals surface area contributed by atoms with Gasteiger partial charge in [-0.2, -0.15) is 13.2 Å². The monoisotopic (exact) mass is 529 g/mol.